The Bertz CT molecular complexity index is 463. The van der Waals surface area contributed by atoms with Gasteiger partial charge in [-0.15, -0.1) is 0 Å². The van der Waals surface area contributed by atoms with E-state index in [0.717, 1.165) is 24.1 Å². The average Bonchev–Trinajstić information content (AvgIpc) is 3.22. The molecular formula is C15H19ClN2O. The number of pyridine rings is 1. The number of nitrogens with one attached hydrogen (secondary N) is 1. The first-order valence-electron chi connectivity index (χ1n) is 7.06. The van der Waals surface area contributed by atoms with Crippen LogP contribution in [0.1, 0.15) is 41.7 Å². The largest absolute Gasteiger partial charge is 0.352 e. The maximum absolute atomic E-state index is 12.1. The van der Waals surface area contributed by atoms with Crippen LogP contribution >= 0.6 is 11.6 Å². The van der Waals surface area contributed by atoms with Crippen LogP contribution in [0.5, 0.6) is 0 Å². The fourth-order valence-corrected chi connectivity index (χ4v) is 3.09. The molecule has 1 N–H and O–H groups in total. The molecule has 19 heavy (non-hydrogen) atoms. The van der Waals surface area contributed by atoms with E-state index in [1.165, 1.54) is 25.7 Å². The predicted octanol–water partition coefficient (Wildman–Crippen LogP) is 3.21. The van der Waals surface area contributed by atoms with Gasteiger partial charge in [-0.2, -0.15) is 0 Å². The lowest BCUT2D eigenvalue weighted by Gasteiger charge is -2.16. The van der Waals surface area contributed by atoms with E-state index in [9.17, 15) is 4.79 Å². The molecule has 1 heterocycles. The molecule has 1 amide bonds. The Labute approximate surface area is 118 Å². The van der Waals surface area contributed by atoms with E-state index < -0.39 is 0 Å². The third kappa shape index (κ3) is 3.27. The number of rotatable bonds is 5. The highest BCUT2D eigenvalue weighted by atomic mass is 35.5. The summed E-state index contributed by atoms with van der Waals surface area (Å²) in [6.45, 7) is 2.66. The molecule has 102 valence electrons. The molecule has 0 spiro atoms. The molecule has 0 aliphatic heterocycles. The van der Waals surface area contributed by atoms with Gasteiger partial charge in [0.05, 0.1) is 0 Å². The van der Waals surface area contributed by atoms with Crippen LogP contribution in [0.15, 0.2) is 12.1 Å². The number of hydrogen-bond acceptors (Lipinski definition) is 2. The fraction of sp³-hybridized carbons (Fsp3) is 0.600. The molecule has 2 fully saturated rings. The third-order valence-corrected chi connectivity index (χ3v) is 4.33. The zero-order valence-electron chi connectivity index (χ0n) is 11.2. The first-order valence-corrected chi connectivity index (χ1v) is 7.43. The highest BCUT2D eigenvalue weighted by Gasteiger charge is 2.41. The van der Waals surface area contributed by atoms with Gasteiger partial charge >= 0.3 is 0 Å². The summed E-state index contributed by atoms with van der Waals surface area (Å²) in [7, 11) is 0. The van der Waals surface area contributed by atoms with Gasteiger partial charge < -0.3 is 5.32 Å². The summed E-state index contributed by atoms with van der Waals surface area (Å²) in [5.41, 5.74) is 1.39. The minimum Gasteiger partial charge on any atom is -0.352 e. The minimum atomic E-state index is -0.0290. The molecule has 0 unspecified atom stereocenters. The standard InChI is InChI=1S/C15H19ClN2O/c1-9-6-12(7-14(16)18-9)15(19)17-8-13(10-2-3-10)11-4-5-11/h6-7,10-11,13H,2-5,8H2,1H3,(H,17,19). The van der Waals surface area contributed by atoms with E-state index >= 15 is 0 Å². The van der Waals surface area contributed by atoms with Crippen LogP contribution in [0.25, 0.3) is 0 Å². The van der Waals surface area contributed by atoms with Crippen molar-refractivity contribution in [3.8, 4) is 0 Å². The first kappa shape index (κ1) is 12.9. The van der Waals surface area contributed by atoms with Gasteiger partial charge in [-0.25, -0.2) is 4.98 Å². The molecule has 0 radical (unpaired) electrons. The number of aryl methyl sites for hydroxylation is 1. The summed E-state index contributed by atoms with van der Waals surface area (Å²) in [6, 6.07) is 3.41. The summed E-state index contributed by atoms with van der Waals surface area (Å²) in [5.74, 6) is 2.38. The van der Waals surface area contributed by atoms with Gasteiger partial charge in [0, 0.05) is 17.8 Å². The van der Waals surface area contributed by atoms with Crippen molar-refractivity contribution in [2.24, 2.45) is 17.8 Å². The summed E-state index contributed by atoms with van der Waals surface area (Å²) in [5, 5.41) is 3.45. The van der Waals surface area contributed by atoms with Crippen LogP contribution in [0.3, 0.4) is 0 Å². The second-order valence-corrected chi connectivity index (χ2v) is 6.26. The zero-order valence-corrected chi connectivity index (χ0v) is 11.9. The van der Waals surface area contributed by atoms with Gasteiger partial charge in [-0.05, 0) is 62.5 Å². The Hall–Kier alpha value is -1.09. The molecule has 0 aromatic carbocycles. The maximum atomic E-state index is 12.1. The molecular weight excluding hydrogens is 260 g/mol. The molecule has 1 aromatic rings. The number of carbonyl (C=O) groups is 1. The lowest BCUT2D eigenvalue weighted by Crippen LogP contribution is -2.31. The van der Waals surface area contributed by atoms with E-state index in [0.29, 0.717) is 16.6 Å². The summed E-state index contributed by atoms with van der Waals surface area (Å²) in [6.07, 6.45) is 5.38. The monoisotopic (exact) mass is 278 g/mol. The van der Waals surface area contributed by atoms with Crippen molar-refractivity contribution in [3.05, 3.63) is 28.5 Å². The summed E-state index contributed by atoms with van der Waals surface area (Å²) >= 11 is 5.89. The number of halogens is 1. The molecule has 2 aliphatic carbocycles. The van der Waals surface area contributed by atoms with Crippen molar-refractivity contribution in [1.82, 2.24) is 10.3 Å². The van der Waals surface area contributed by atoms with Crippen molar-refractivity contribution in [1.29, 1.82) is 0 Å². The van der Waals surface area contributed by atoms with Gasteiger partial charge in [0.25, 0.3) is 5.91 Å². The third-order valence-electron chi connectivity index (χ3n) is 4.14. The van der Waals surface area contributed by atoms with Crippen molar-refractivity contribution in [2.45, 2.75) is 32.6 Å². The number of nitrogens with zero attached hydrogens (tertiary/aromatic N) is 1. The molecule has 0 atom stereocenters. The van der Waals surface area contributed by atoms with Crippen LogP contribution < -0.4 is 5.32 Å². The number of hydrogen-bond donors (Lipinski definition) is 1. The topological polar surface area (TPSA) is 42.0 Å². The van der Waals surface area contributed by atoms with Crippen LogP contribution in [-0.4, -0.2) is 17.4 Å². The molecule has 1 aromatic heterocycles. The van der Waals surface area contributed by atoms with E-state index in [1.807, 2.05) is 6.92 Å². The van der Waals surface area contributed by atoms with Gasteiger partial charge in [0.1, 0.15) is 5.15 Å². The van der Waals surface area contributed by atoms with E-state index in [1.54, 1.807) is 12.1 Å². The normalized spacial score (nSPS) is 18.7. The van der Waals surface area contributed by atoms with Crippen molar-refractivity contribution in [3.63, 3.8) is 0 Å². The molecule has 4 heteroatoms. The molecule has 0 saturated heterocycles. The predicted molar refractivity (Wildman–Crippen MR) is 75.3 cm³/mol. The van der Waals surface area contributed by atoms with E-state index in [2.05, 4.69) is 10.3 Å². The Morgan fingerprint density at radius 2 is 2.00 bits per heavy atom. The Morgan fingerprint density at radius 1 is 1.37 bits per heavy atom. The van der Waals surface area contributed by atoms with Crippen LogP contribution in [-0.2, 0) is 0 Å². The molecule has 2 saturated carbocycles. The maximum Gasteiger partial charge on any atom is 0.251 e. The Morgan fingerprint density at radius 3 is 2.53 bits per heavy atom. The van der Waals surface area contributed by atoms with Crippen LogP contribution in [0.2, 0.25) is 5.15 Å². The molecule has 3 rings (SSSR count). The highest BCUT2D eigenvalue weighted by molar-refractivity contribution is 6.29. The SMILES string of the molecule is Cc1cc(C(=O)NCC(C2CC2)C2CC2)cc(Cl)n1. The van der Waals surface area contributed by atoms with E-state index in [-0.39, 0.29) is 5.91 Å². The highest BCUT2D eigenvalue weighted by Crippen LogP contribution is 2.48. The summed E-state index contributed by atoms with van der Waals surface area (Å²) < 4.78 is 0. The molecule has 3 nitrogen and oxygen atoms in total. The lowest BCUT2D eigenvalue weighted by molar-refractivity contribution is 0.0943. The molecule has 2 aliphatic rings. The number of aromatic nitrogens is 1. The Kier molecular flexibility index (Phi) is 3.48. The minimum absolute atomic E-state index is 0.0290. The van der Waals surface area contributed by atoms with Gasteiger partial charge in [0.15, 0.2) is 0 Å². The van der Waals surface area contributed by atoms with Crippen molar-refractivity contribution in [2.75, 3.05) is 6.54 Å². The second kappa shape index (κ2) is 5.12. The average molecular weight is 279 g/mol. The Balaban J connectivity index is 1.60. The molecule has 0 bridgehead atoms. The second-order valence-electron chi connectivity index (χ2n) is 5.87. The van der Waals surface area contributed by atoms with Gasteiger partial charge in [0.2, 0.25) is 0 Å². The first-order chi connectivity index (χ1) is 9.13. The fourth-order valence-electron chi connectivity index (χ4n) is 2.84. The summed E-state index contributed by atoms with van der Waals surface area (Å²) in [4.78, 5) is 16.2. The lowest BCUT2D eigenvalue weighted by atomic mass is 9.98. The number of carbonyl (C=O) groups excluding carboxylic acids is 1. The quantitative estimate of drug-likeness (QED) is 0.841. The zero-order chi connectivity index (χ0) is 13.4. The van der Waals surface area contributed by atoms with E-state index in [4.69, 9.17) is 11.6 Å². The van der Waals surface area contributed by atoms with Crippen LogP contribution in [0.4, 0.5) is 0 Å². The number of amides is 1. The van der Waals surface area contributed by atoms with Gasteiger partial charge in [-0.3, -0.25) is 4.79 Å². The van der Waals surface area contributed by atoms with Crippen LogP contribution in [0, 0.1) is 24.7 Å². The van der Waals surface area contributed by atoms with Gasteiger partial charge in [-0.1, -0.05) is 11.6 Å². The smallest absolute Gasteiger partial charge is 0.251 e. The van der Waals surface area contributed by atoms with Crippen molar-refractivity contribution < 1.29 is 4.79 Å². The van der Waals surface area contributed by atoms with Crippen molar-refractivity contribution >= 4 is 17.5 Å².